The van der Waals surface area contributed by atoms with E-state index in [0.717, 1.165) is 57.0 Å². The van der Waals surface area contributed by atoms with Gasteiger partial charge < -0.3 is 37.6 Å². The van der Waals surface area contributed by atoms with Crippen molar-refractivity contribution in [1.82, 2.24) is 9.13 Å². The predicted molar refractivity (Wildman–Crippen MR) is 233 cm³/mol. The molecular formula is C48H52N4O10. The number of ether oxygens (including phenoxy) is 6. The van der Waals surface area contributed by atoms with E-state index >= 15 is 0 Å². The van der Waals surface area contributed by atoms with Crippen LogP contribution in [0.2, 0.25) is 0 Å². The van der Waals surface area contributed by atoms with E-state index < -0.39 is 24.1 Å². The molecule has 6 unspecified atom stereocenters. The minimum absolute atomic E-state index is 0.0700. The predicted octanol–water partition coefficient (Wildman–Crippen LogP) is 5.95. The Labute approximate surface area is 359 Å². The van der Waals surface area contributed by atoms with E-state index in [9.17, 15) is 19.2 Å². The number of carbonyl (C=O) groups excluding carboxylic acids is 2. The summed E-state index contributed by atoms with van der Waals surface area (Å²) in [6, 6.07) is 14.4. The summed E-state index contributed by atoms with van der Waals surface area (Å²) in [5, 5.41) is 0. The summed E-state index contributed by atoms with van der Waals surface area (Å²) < 4.78 is 38.3. The lowest BCUT2D eigenvalue weighted by Gasteiger charge is -2.38. The van der Waals surface area contributed by atoms with Crippen molar-refractivity contribution in [3.8, 4) is 23.0 Å². The molecule has 8 rings (SSSR count). The van der Waals surface area contributed by atoms with Gasteiger partial charge in [-0.2, -0.15) is 0 Å². The van der Waals surface area contributed by atoms with E-state index in [4.69, 9.17) is 38.4 Å². The first-order chi connectivity index (χ1) is 30.0. The Balaban J connectivity index is 0.950. The molecule has 0 bridgehead atoms. The maximum absolute atomic E-state index is 13.2. The van der Waals surface area contributed by atoms with Gasteiger partial charge in [0, 0.05) is 84.9 Å². The molecule has 2 aromatic carbocycles. The molecule has 0 spiro atoms. The van der Waals surface area contributed by atoms with Crippen LogP contribution in [0.15, 0.2) is 92.7 Å². The van der Waals surface area contributed by atoms with E-state index in [2.05, 4.69) is 0 Å². The summed E-state index contributed by atoms with van der Waals surface area (Å²) in [4.78, 5) is 61.3. The number of pyridine rings is 2. The highest BCUT2D eigenvalue weighted by molar-refractivity contribution is 6.15. The van der Waals surface area contributed by atoms with Crippen LogP contribution in [0.5, 0.6) is 23.0 Å². The third kappa shape index (κ3) is 8.42. The molecule has 62 heavy (non-hydrogen) atoms. The lowest BCUT2D eigenvalue weighted by Crippen LogP contribution is -2.36. The number of nitrogens with zero attached hydrogens (tertiary/aromatic N) is 4. The van der Waals surface area contributed by atoms with E-state index in [1.807, 2.05) is 38.1 Å². The van der Waals surface area contributed by atoms with Crippen LogP contribution in [0.25, 0.3) is 0 Å². The van der Waals surface area contributed by atoms with Crippen molar-refractivity contribution < 1.29 is 38.0 Å². The molecule has 4 heterocycles. The number of methoxy groups -OCH3 is 2. The van der Waals surface area contributed by atoms with Gasteiger partial charge in [0.1, 0.15) is 12.2 Å². The number of esters is 2. The minimum Gasteiger partial charge on any atom is -0.493 e. The Morgan fingerprint density at radius 3 is 1.42 bits per heavy atom. The molecule has 2 aliphatic heterocycles. The van der Waals surface area contributed by atoms with Crippen LogP contribution in [-0.2, 0) is 33.2 Å². The number of aromatic nitrogens is 2. The normalized spacial score (nSPS) is 22.5. The van der Waals surface area contributed by atoms with E-state index in [1.54, 1.807) is 52.8 Å². The van der Waals surface area contributed by atoms with E-state index in [1.165, 1.54) is 21.3 Å². The van der Waals surface area contributed by atoms with Crippen molar-refractivity contribution in [3.05, 3.63) is 127 Å². The highest BCUT2D eigenvalue weighted by Gasteiger charge is 2.41. The number of aryl methyl sites for hydroxylation is 2. The van der Waals surface area contributed by atoms with Gasteiger partial charge in [-0.25, -0.2) is 9.59 Å². The fraction of sp³-hybridized carbons (Fsp3) is 0.417. The number of fused-ring (bicyclic) bond motifs is 6. The molecule has 2 saturated carbocycles. The molecule has 14 heteroatoms. The number of hydrogen-bond acceptors (Lipinski definition) is 12. The molecule has 0 amide bonds. The van der Waals surface area contributed by atoms with Crippen LogP contribution < -0.4 is 30.1 Å². The van der Waals surface area contributed by atoms with E-state index in [0.29, 0.717) is 74.7 Å². The van der Waals surface area contributed by atoms with Gasteiger partial charge >= 0.3 is 11.9 Å². The fourth-order valence-corrected chi connectivity index (χ4v) is 9.40. The van der Waals surface area contributed by atoms with Gasteiger partial charge in [-0.3, -0.25) is 19.6 Å². The second-order valence-electron chi connectivity index (χ2n) is 16.2. The van der Waals surface area contributed by atoms with E-state index in [-0.39, 0.29) is 35.0 Å². The topological polar surface area (TPSA) is 158 Å². The zero-order valence-electron chi connectivity index (χ0n) is 35.9. The van der Waals surface area contributed by atoms with Crippen molar-refractivity contribution in [2.45, 2.75) is 88.5 Å². The van der Waals surface area contributed by atoms with Crippen molar-refractivity contribution >= 4 is 23.4 Å². The molecule has 0 radical (unpaired) electrons. The Bertz CT molecular complexity index is 2430. The first-order valence-electron chi connectivity index (χ1n) is 21.3. The molecule has 324 valence electrons. The standard InChI is InChI=1S/C48H52N4O10/c1-7-59-41-21-31-33-19-29(11-13-37(33)49-47(35(31)23-39(41)57-5)27-9-15-43(53)51(3)25-27)61-45(55)17-18-46(56)62-30-12-14-38-34(20-30)32-22-42(60-8-2)40(58-6)24-36(32)48(50-38)28-10-16-44(54)52(4)26-28/h9-10,15-18,21-26,29-30,33-34,37-38H,7-8,11-14,19-20H2,1-6H3/b18-17+. The number of carbonyl (C=O) groups is 2. The molecule has 6 atom stereocenters. The van der Waals surface area contributed by atoms with Gasteiger partial charge in [-0.15, -0.1) is 0 Å². The smallest absolute Gasteiger partial charge is 0.331 e. The maximum atomic E-state index is 13.2. The molecular weight excluding hydrogens is 793 g/mol. The minimum atomic E-state index is -0.622. The SMILES string of the molecule is CCOc1cc2c(cc1OC)C(c1ccc(=O)n(C)c1)=NC1CCC(OC(=O)/C=C/C(=O)OC3CCC4N=C(c5ccc(=O)n(C)c5)c5cc(OC)c(OCC)cc5C4C3)CC21. The Hall–Kier alpha value is -6.44. The van der Waals surface area contributed by atoms with Crippen molar-refractivity contribution in [1.29, 1.82) is 0 Å². The summed E-state index contributed by atoms with van der Waals surface area (Å²) >= 11 is 0. The van der Waals surface area contributed by atoms with Crippen molar-refractivity contribution in [2.75, 3.05) is 27.4 Å². The molecule has 2 aliphatic carbocycles. The highest BCUT2D eigenvalue weighted by atomic mass is 16.6. The lowest BCUT2D eigenvalue weighted by atomic mass is 9.74. The number of hydrogen-bond donors (Lipinski definition) is 0. The zero-order chi connectivity index (χ0) is 43.7. The van der Waals surface area contributed by atoms with Crippen LogP contribution >= 0.6 is 0 Å². The zero-order valence-corrected chi connectivity index (χ0v) is 35.9. The third-order valence-electron chi connectivity index (χ3n) is 12.3. The first kappa shape index (κ1) is 42.3. The molecule has 0 N–H and O–H groups in total. The van der Waals surface area contributed by atoms with Crippen molar-refractivity contribution in [2.24, 2.45) is 24.1 Å². The van der Waals surface area contributed by atoms with Crippen molar-refractivity contribution in [3.63, 3.8) is 0 Å². The summed E-state index contributed by atoms with van der Waals surface area (Å²) in [6.45, 7) is 4.74. The van der Waals surface area contributed by atoms with Crippen LogP contribution in [0.4, 0.5) is 0 Å². The van der Waals surface area contributed by atoms with Gasteiger partial charge in [0.2, 0.25) is 11.1 Å². The van der Waals surface area contributed by atoms with Gasteiger partial charge in [0.25, 0.3) is 0 Å². The Morgan fingerprint density at radius 2 is 1.05 bits per heavy atom. The second kappa shape index (κ2) is 17.9. The average molecular weight is 845 g/mol. The molecule has 4 aliphatic rings. The first-order valence-corrected chi connectivity index (χ1v) is 21.3. The van der Waals surface area contributed by atoms with Crippen LogP contribution in [0.3, 0.4) is 0 Å². The molecule has 14 nitrogen and oxygen atoms in total. The second-order valence-corrected chi connectivity index (χ2v) is 16.2. The van der Waals surface area contributed by atoms with Crippen LogP contribution in [0.1, 0.15) is 97.6 Å². The maximum Gasteiger partial charge on any atom is 0.331 e. The number of benzene rings is 2. The van der Waals surface area contributed by atoms with Crippen LogP contribution in [0, 0.1) is 0 Å². The highest BCUT2D eigenvalue weighted by Crippen LogP contribution is 2.47. The summed E-state index contributed by atoms with van der Waals surface area (Å²) in [6.07, 6.45) is 8.63. The fourth-order valence-electron chi connectivity index (χ4n) is 9.40. The third-order valence-corrected chi connectivity index (χ3v) is 12.3. The monoisotopic (exact) mass is 844 g/mol. The van der Waals surface area contributed by atoms with Crippen LogP contribution in [-0.4, -0.2) is 84.2 Å². The Kier molecular flexibility index (Phi) is 12.2. The van der Waals surface area contributed by atoms with Gasteiger partial charge in [-0.1, -0.05) is 0 Å². The molecule has 2 aromatic heterocycles. The number of rotatable bonds is 12. The average Bonchev–Trinajstić information content (AvgIpc) is 3.27. The van der Waals surface area contributed by atoms with Gasteiger partial charge in [0.15, 0.2) is 23.0 Å². The van der Waals surface area contributed by atoms with Gasteiger partial charge in [-0.05, 0) is 99.9 Å². The Morgan fingerprint density at radius 1 is 0.629 bits per heavy atom. The lowest BCUT2D eigenvalue weighted by molar-refractivity contribution is -0.147. The summed E-state index contributed by atoms with van der Waals surface area (Å²) in [5.41, 5.74) is 6.71. The quantitative estimate of drug-likeness (QED) is 0.123. The molecule has 4 aromatic rings. The number of aliphatic imine (C=N–C) groups is 2. The summed E-state index contributed by atoms with van der Waals surface area (Å²) in [7, 11) is 6.62. The summed E-state index contributed by atoms with van der Waals surface area (Å²) in [5.74, 6) is 0.998. The molecule has 0 saturated heterocycles. The largest absolute Gasteiger partial charge is 0.493 e. The molecule has 2 fully saturated rings. The van der Waals surface area contributed by atoms with Gasteiger partial charge in [0.05, 0.1) is 50.9 Å².